The number of carbonyl (C=O) groups excluding carboxylic acids is 2. The topological polar surface area (TPSA) is 83.5 Å². The van der Waals surface area contributed by atoms with Crippen LogP contribution in [0.2, 0.25) is 0 Å². The molecule has 1 aliphatic carbocycles. The Kier molecular flexibility index (Phi) is 6.00. The standard InChI is InChI=1S/C16H19NO4S/c18-14(11-5-2-1-3-6-11)9-22-10-15(19)17-13-8-4-7-12(13)16(20)21/h1-3,5-6,12-13H,4,7-10H2,(H,17,19)(H,20,21)/t12-,13+/m1/s1. The molecule has 0 spiro atoms. The smallest absolute Gasteiger partial charge is 0.308 e. The zero-order valence-corrected chi connectivity index (χ0v) is 13.0. The van der Waals surface area contributed by atoms with Crippen LogP contribution in [0.5, 0.6) is 0 Å². The summed E-state index contributed by atoms with van der Waals surface area (Å²) in [7, 11) is 0. The van der Waals surface area contributed by atoms with Gasteiger partial charge < -0.3 is 10.4 Å². The maximum atomic E-state index is 11.9. The highest BCUT2D eigenvalue weighted by atomic mass is 32.2. The van der Waals surface area contributed by atoms with Gasteiger partial charge in [0.1, 0.15) is 0 Å². The Labute approximate surface area is 133 Å². The predicted molar refractivity (Wildman–Crippen MR) is 85.0 cm³/mol. The highest BCUT2D eigenvalue weighted by molar-refractivity contribution is 8.00. The SMILES string of the molecule is O=C(CSCC(=O)c1ccccc1)N[C@H]1CCC[C@H]1C(=O)O. The summed E-state index contributed by atoms with van der Waals surface area (Å²) in [5.41, 5.74) is 0.636. The monoisotopic (exact) mass is 321 g/mol. The summed E-state index contributed by atoms with van der Waals surface area (Å²) in [6.45, 7) is 0. The number of amides is 1. The number of carboxylic acid groups (broad SMARTS) is 1. The first kappa shape index (κ1) is 16.5. The molecule has 22 heavy (non-hydrogen) atoms. The summed E-state index contributed by atoms with van der Waals surface area (Å²) in [6.07, 6.45) is 2.14. The van der Waals surface area contributed by atoms with E-state index in [0.717, 1.165) is 6.42 Å². The minimum absolute atomic E-state index is 0.0114. The summed E-state index contributed by atoms with van der Waals surface area (Å²) in [5.74, 6) is -1.15. The largest absolute Gasteiger partial charge is 0.481 e. The van der Waals surface area contributed by atoms with Gasteiger partial charge >= 0.3 is 5.97 Å². The van der Waals surface area contributed by atoms with Gasteiger partial charge in [-0.15, -0.1) is 11.8 Å². The minimum atomic E-state index is -0.852. The van der Waals surface area contributed by atoms with Gasteiger partial charge in [-0.25, -0.2) is 0 Å². The fourth-order valence-corrected chi connectivity index (χ4v) is 3.34. The van der Waals surface area contributed by atoms with Crippen molar-refractivity contribution >= 4 is 29.4 Å². The van der Waals surface area contributed by atoms with Crippen LogP contribution < -0.4 is 5.32 Å². The van der Waals surface area contributed by atoms with Crippen molar-refractivity contribution in [1.29, 1.82) is 0 Å². The van der Waals surface area contributed by atoms with Gasteiger partial charge in [-0.1, -0.05) is 36.8 Å². The quantitative estimate of drug-likeness (QED) is 0.750. The van der Waals surface area contributed by atoms with Crippen molar-refractivity contribution in [3.05, 3.63) is 35.9 Å². The third-order valence-corrected chi connectivity index (χ3v) is 4.67. The second-order valence-electron chi connectivity index (χ2n) is 5.33. The van der Waals surface area contributed by atoms with Gasteiger partial charge in [-0.2, -0.15) is 0 Å². The number of aliphatic carboxylic acids is 1. The Morgan fingerprint density at radius 3 is 2.55 bits per heavy atom. The number of hydrogen-bond acceptors (Lipinski definition) is 4. The lowest BCUT2D eigenvalue weighted by atomic mass is 10.0. The van der Waals surface area contributed by atoms with Gasteiger partial charge in [-0.05, 0) is 12.8 Å². The molecule has 1 aromatic carbocycles. The Hall–Kier alpha value is -1.82. The van der Waals surface area contributed by atoms with E-state index >= 15 is 0 Å². The number of rotatable bonds is 7. The second-order valence-corrected chi connectivity index (χ2v) is 6.32. The molecule has 5 nitrogen and oxygen atoms in total. The van der Waals surface area contributed by atoms with Crippen molar-refractivity contribution < 1.29 is 19.5 Å². The number of hydrogen-bond donors (Lipinski definition) is 2. The molecular weight excluding hydrogens is 302 g/mol. The van der Waals surface area contributed by atoms with E-state index in [1.165, 1.54) is 11.8 Å². The van der Waals surface area contributed by atoms with Gasteiger partial charge in [-0.3, -0.25) is 14.4 Å². The van der Waals surface area contributed by atoms with E-state index in [0.29, 0.717) is 18.4 Å². The molecule has 0 unspecified atom stereocenters. The molecule has 1 amide bonds. The Morgan fingerprint density at radius 1 is 1.14 bits per heavy atom. The van der Waals surface area contributed by atoms with Crippen molar-refractivity contribution in [2.75, 3.05) is 11.5 Å². The molecule has 2 N–H and O–H groups in total. The highest BCUT2D eigenvalue weighted by Crippen LogP contribution is 2.25. The van der Waals surface area contributed by atoms with Crippen LogP contribution in [0, 0.1) is 5.92 Å². The fourth-order valence-electron chi connectivity index (χ4n) is 2.62. The van der Waals surface area contributed by atoms with Gasteiger partial charge in [0.25, 0.3) is 0 Å². The number of nitrogens with one attached hydrogen (secondary N) is 1. The fraction of sp³-hybridized carbons (Fsp3) is 0.438. The van der Waals surface area contributed by atoms with Crippen LogP contribution in [0.1, 0.15) is 29.6 Å². The lowest BCUT2D eigenvalue weighted by Crippen LogP contribution is -2.41. The Bertz CT molecular complexity index is 546. The summed E-state index contributed by atoms with van der Waals surface area (Å²) in [4.78, 5) is 34.8. The summed E-state index contributed by atoms with van der Waals surface area (Å²) < 4.78 is 0. The van der Waals surface area contributed by atoms with Gasteiger partial charge in [0, 0.05) is 11.6 Å². The van der Waals surface area contributed by atoms with Crippen molar-refractivity contribution in [2.24, 2.45) is 5.92 Å². The zero-order valence-electron chi connectivity index (χ0n) is 12.2. The van der Waals surface area contributed by atoms with E-state index < -0.39 is 11.9 Å². The van der Waals surface area contributed by atoms with E-state index in [1.54, 1.807) is 24.3 Å². The van der Waals surface area contributed by atoms with Gasteiger partial charge in [0.15, 0.2) is 5.78 Å². The molecule has 1 aromatic rings. The lowest BCUT2D eigenvalue weighted by molar-refractivity contribution is -0.142. The first-order chi connectivity index (χ1) is 10.6. The molecule has 118 valence electrons. The number of carbonyl (C=O) groups is 3. The summed E-state index contributed by atoms with van der Waals surface area (Å²) in [6, 6.07) is 8.67. The minimum Gasteiger partial charge on any atom is -0.481 e. The maximum Gasteiger partial charge on any atom is 0.308 e. The highest BCUT2D eigenvalue weighted by Gasteiger charge is 2.33. The molecule has 0 radical (unpaired) electrons. The van der Waals surface area contributed by atoms with Crippen LogP contribution in [-0.2, 0) is 9.59 Å². The van der Waals surface area contributed by atoms with Gasteiger partial charge in [0.2, 0.25) is 5.91 Å². The number of Topliss-reactive ketones (excluding diaryl/α,β-unsaturated/α-hetero) is 1. The maximum absolute atomic E-state index is 11.9. The molecule has 0 aliphatic heterocycles. The van der Waals surface area contributed by atoms with Crippen LogP contribution in [-0.4, -0.2) is 40.3 Å². The van der Waals surface area contributed by atoms with E-state index in [-0.39, 0.29) is 29.2 Å². The zero-order chi connectivity index (χ0) is 15.9. The van der Waals surface area contributed by atoms with Crippen LogP contribution in [0.4, 0.5) is 0 Å². The molecule has 6 heteroatoms. The molecule has 0 bridgehead atoms. The molecule has 1 fully saturated rings. The third kappa shape index (κ3) is 4.59. The normalized spacial score (nSPS) is 20.5. The van der Waals surface area contributed by atoms with Crippen LogP contribution in [0.25, 0.3) is 0 Å². The van der Waals surface area contributed by atoms with Crippen LogP contribution in [0.15, 0.2) is 30.3 Å². The molecular formula is C16H19NO4S. The number of ketones is 1. The second kappa shape index (κ2) is 7.98. The van der Waals surface area contributed by atoms with Crippen molar-refractivity contribution in [3.63, 3.8) is 0 Å². The summed E-state index contributed by atoms with van der Waals surface area (Å²) >= 11 is 1.25. The first-order valence-electron chi connectivity index (χ1n) is 7.26. The third-order valence-electron chi connectivity index (χ3n) is 3.74. The first-order valence-corrected chi connectivity index (χ1v) is 8.41. The van der Waals surface area contributed by atoms with Gasteiger partial charge in [0.05, 0.1) is 17.4 Å². The molecule has 2 rings (SSSR count). The van der Waals surface area contributed by atoms with Crippen molar-refractivity contribution in [1.82, 2.24) is 5.32 Å². The van der Waals surface area contributed by atoms with E-state index in [2.05, 4.69) is 5.32 Å². The van der Waals surface area contributed by atoms with E-state index in [4.69, 9.17) is 5.11 Å². The molecule has 1 saturated carbocycles. The molecule has 2 atom stereocenters. The molecule has 1 aliphatic rings. The molecule has 0 aromatic heterocycles. The van der Waals surface area contributed by atoms with Crippen molar-refractivity contribution in [2.45, 2.75) is 25.3 Å². The number of carboxylic acids is 1. The average molecular weight is 321 g/mol. The van der Waals surface area contributed by atoms with Crippen molar-refractivity contribution in [3.8, 4) is 0 Å². The summed E-state index contributed by atoms with van der Waals surface area (Å²) in [5, 5.41) is 11.8. The predicted octanol–water partition coefficient (Wildman–Crippen LogP) is 1.97. The van der Waals surface area contributed by atoms with E-state index in [9.17, 15) is 14.4 Å². The Morgan fingerprint density at radius 2 is 1.86 bits per heavy atom. The molecule has 0 heterocycles. The number of thioether (sulfide) groups is 1. The van der Waals surface area contributed by atoms with Crippen LogP contribution in [0.3, 0.4) is 0 Å². The average Bonchev–Trinajstić information content (AvgIpc) is 2.96. The lowest BCUT2D eigenvalue weighted by Gasteiger charge is -2.17. The number of benzene rings is 1. The van der Waals surface area contributed by atoms with Crippen LogP contribution >= 0.6 is 11.8 Å². The van der Waals surface area contributed by atoms with E-state index in [1.807, 2.05) is 6.07 Å². The molecule has 0 saturated heterocycles. The Balaban J connectivity index is 1.72.